The number of nitrogens with two attached hydrogens (primary N) is 1. The van der Waals surface area contributed by atoms with Gasteiger partial charge in [-0.1, -0.05) is 0 Å². The van der Waals surface area contributed by atoms with E-state index in [2.05, 4.69) is 0 Å². The first-order valence-electron chi connectivity index (χ1n) is 4.19. The topological polar surface area (TPSA) is 63.4 Å². The second-order valence-electron chi connectivity index (χ2n) is 3.36. The summed E-state index contributed by atoms with van der Waals surface area (Å²) in [7, 11) is -2.99. The van der Waals surface area contributed by atoms with Gasteiger partial charge < -0.3 is 5.73 Å². The summed E-state index contributed by atoms with van der Waals surface area (Å²) in [5, 5.41) is 0. The first kappa shape index (κ1) is 13.2. The first-order valence-corrected chi connectivity index (χ1v) is 6.04. The highest BCUT2D eigenvalue weighted by Gasteiger charge is 2.24. The van der Waals surface area contributed by atoms with E-state index in [-0.39, 0.29) is 12.4 Å². The number of nitrogens with zero attached hydrogens (tertiary/aromatic N) is 1. The third-order valence-corrected chi connectivity index (χ3v) is 3.55. The van der Waals surface area contributed by atoms with Gasteiger partial charge in [0.05, 0.1) is 6.26 Å². The van der Waals surface area contributed by atoms with Crippen molar-refractivity contribution in [3.63, 3.8) is 0 Å². The molecule has 80 valence electrons. The van der Waals surface area contributed by atoms with Crippen LogP contribution in [0.4, 0.5) is 0 Å². The van der Waals surface area contributed by atoms with E-state index in [1.54, 1.807) is 0 Å². The molecule has 1 atom stereocenters. The molecule has 1 aliphatic rings. The maximum Gasteiger partial charge on any atom is 0.211 e. The molecule has 0 amide bonds. The van der Waals surface area contributed by atoms with Gasteiger partial charge in [-0.3, -0.25) is 0 Å². The number of sulfonamides is 1. The van der Waals surface area contributed by atoms with Gasteiger partial charge in [0.25, 0.3) is 0 Å². The van der Waals surface area contributed by atoms with Crippen molar-refractivity contribution < 1.29 is 8.42 Å². The summed E-state index contributed by atoms with van der Waals surface area (Å²) in [5.74, 6) is 0.355. The molecule has 0 unspecified atom stereocenters. The lowest BCUT2D eigenvalue weighted by atomic mass is 10.0. The van der Waals surface area contributed by atoms with Crippen molar-refractivity contribution in [3.05, 3.63) is 0 Å². The molecule has 4 nitrogen and oxygen atoms in total. The van der Waals surface area contributed by atoms with Crippen LogP contribution in [0.5, 0.6) is 0 Å². The Bertz CT molecular complexity index is 243. The fourth-order valence-corrected chi connectivity index (χ4v) is 2.46. The maximum absolute atomic E-state index is 11.1. The van der Waals surface area contributed by atoms with Crippen LogP contribution in [-0.4, -0.2) is 38.6 Å². The normalized spacial score (nSPS) is 25.2. The molecule has 0 radical (unpaired) electrons. The zero-order valence-corrected chi connectivity index (χ0v) is 9.40. The molecule has 1 rings (SSSR count). The van der Waals surface area contributed by atoms with Crippen molar-refractivity contribution in [3.8, 4) is 0 Å². The van der Waals surface area contributed by atoms with Crippen molar-refractivity contribution in [2.75, 3.05) is 25.9 Å². The average molecular weight is 229 g/mol. The van der Waals surface area contributed by atoms with Crippen LogP contribution in [0, 0.1) is 5.92 Å². The Kier molecular flexibility index (Phi) is 5.21. The summed E-state index contributed by atoms with van der Waals surface area (Å²) in [4.78, 5) is 0. The average Bonchev–Trinajstić information content (AvgIpc) is 2.03. The van der Waals surface area contributed by atoms with Crippen LogP contribution in [0.25, 0.3) is 0 Å². The molecule has 1 fully saturated rings. The molecule has 0 saturated carbocycles. The summed E-state index contributed by atoms with van der Waals surface area (Å²) < 4.78 is 23.8. The Hall–Kier alpha value is 0.160. The highest BCUT2D eigenvalue weighted by Crippen LogP contribution is 2.17. The van der Waals surface area contributed by atoms with Crippen molar-refractivity contribution in [2.45, 2.75) is 12.8 Å². The van der Waals surface area contributed by atoms with E-state index in [1.165, 1.54) is 10.6 Å². The van der Waals surface area contributed by atoms with Gasteiger partial charge >= 0.3 is 0 Å². The molecule has 0 aromatic rings. The zero-order valence-electron chi connectivity index (χ0n) is 7.77. The monoisotopic (exact) mass is 228 g/mol. The first-order chi connectivity index (χ1) is 5.54. The molecule has 1 saturated heterocycles. The van der Waals surface area contributed by atoms with Gasteiger partial charge in [-0.15, -0.1) is 12.4 Å². The third-order valence-electron chi connectivity index (χ3n) is 2.28. The van der Waals surface area contributed by atoms with E-state index in [0.717, 1.165) is 12.8 Å². The van der Waals surface area contributed by atoms with E-state index < -0.39 is 10.0 Å². The predicted molar refractivity (Wildman–Crippen MR) is 55.4 cm³/mol. The molecular formula is C7H17ClN2O2S. The fraction of sp³-hybridized carbons (Fsp3) is 1.00. The molecular weight excluding hydrogens is 212 g/mol. The lowest BCUT2D eigenvalue weighted by molar-refractivity contribution is 0.273. The zero-order chi connectivity index (χ0) is 9.19. The van der Waals surface area contributed by atoms with Gasteiger partial charge in [-0.2, -0.15) is 0 Å². The minimum absolute atomic E-state index is 0. The van der Waals surface area contributed by atoms with Crippen LogP contribution < -0.4 is 5.73 Å². The van der Waals surface area contributed by atoms with E-state index in [1.807, 2.05) is 0 Å². The minimum atomic E-state index is -2.99. The molecule has 0 aromatic heterocycles. The van der Waals surface area contributed by atoms with Crippen LogP contribution in [0.1, 0.15) is 12.8 Å². The Morgan fingerprint density at radius 3 is 2.62 bits per heavy atom. The third kappa shape index (κ3) is 3.81. The number of halogens is 1. The van der Waals surface area contributed by atoms with Crippen LogP contribution >= 0.6 is 12.4 Å². The van der Waals surface area contributed by atoms with Crippen molar-refractivity contribution in [1.29, 1.82) is 0 Å². The molecule has 6 heteroatoms. The lowest BCUT2D eigenvalue weighted by Gasteiger charge is -2.29. The summed E-state index contributed by atoms with van der Waals surface area (Å²) in [6.07, 6.45) is 3.25. The second kappa shape index (κ2) is 5.14. The summed E-state index contributed by atoms with van der Waals surface area (Å²) >= 11 is 0. The van der Waals surface area contributed by atoms with Crippen molar-refractivity contribution in [2.24, 2.45) is 11.7 Å². The maximum atomic E-state index is 11.1. The summed E-state index contributed by atoms with van der Waals surface area (Å²) in [6.45, 7) is 1.86. The van der Waals surface area contributed by atoms with Gasteiger partial charge in [0.15, 0.2) is 0 Å². The largest absolute Gasteiger partial charge is 0.330 e. The SMILES string of the molecule is CS(=O)(=O)N1CCC[C@@H](CN)C1.Cl. The van der Waals surface area contributed by atoms with Gasteiger partial charge in [0, 0.05) is 13.1 Å². The molecule has 0 aliphatic carbocycles. The van der Waals surface area contributed by atoms with Gasteiger partial charge in [-0.25, -0.2) is 12.7 Å². The molecule has 0 bridgehead atoms. The Balaban J connectivity index is 0.00000144. The Morgan fingerprint density at radius 1 is 1.54 bits per heavy atom. The highest BCUT2D eigenvalue weighted by molar-refractivity contribution is 7.88. The summed E-state index contributed by atoms with van der Waals surface area (Å²) in [6, 6.07) is 0. The van der Waals surface area contributed by atoms with Crippen LogP contribution in [0.15, 0.2) is 0 Å². The van der Waals surface area contributed by atoms with E-state index >= 15 is 0 Å². The van der Waals surface area contributed by atoms with E-state index in [4.69, 9.17) is 5.73 Å². The van der Waals surface area contributed by atoms with Gasteiger partial charge in [-0.05, 0) is 25.3 Å². The molecule has 1 heterocycles. The van der Waals surface area contributed by atoms with Crippen LogP contribution in [0.2, 0.25) is 0 Å². The number of hydrogen-bond acceptors (Lipinski definition) is 3. The van der Waals surface area contributed by atoms with E-state index in [0.29, 0.717) is 25.6 Å². The Labute approximate surface area is 85.9 Å². The molecule has 13 heavy (non-hydrogen) atoms. The van der Waals surface area contributed by atoms with E-state index in [9.17, 15) is 8.42 Å². The van der Waals surface area contributed by atoms with Crippen molar-refractivity contribution >= 4 is 22.4 Å². The lowest BCUT2D eigenvalue weighted by Crippen LogP contribution is -2.41. The molecule has 2 N–H and O–H groups in total. The van der Waals surface area contributed by atoms with Gasteiger partial charge in [0.1, 0.15) is 0 Å². The smallest absolute Gasteiger partial charge is 0.211 e. The fourth-order valence-electron chi connectivity index (χ4n) is 1.52. The number of hydrogen-bond donors (Lipinski definition) is 1. The minimum Gasteiger partial charge on any atom is -0.330 e. The molecule has 1 aliphatic heterocycles. The number of rotatable bonds is 2. The highest BCUT2D eigenvalue weighted by atomic mass is 35.5. The second-order valence-corrected chi connectivity index (χ2v) is 5.35. The number of piperidine rings is 1. The molecule has 0 spiro atoms. The molecule has 0 aromatic carbocycles. The quantitative estimate of drug-likeness (QED) is 0.726. The van der Waals surface area contributed by atoms with Gasteiger partial charge in [0.2, 0.25) is 10.0 Å². The predicted octanol–water partition coefficient (Wildman–Crippen LogP) is 0.0385. The van der Waals surface area contributed by atoms with Crippen molar-refractivity contribution in [1.82, 2.24) is 4.31 Å². The summed E-state index contributed by atoms with van der Waals surface area (Å²) in [5.41, 5.74) is 5.49. The van der Waals surface area contributed by atoms with Crippen LogP contribution in [-0.2, 0) is 10.0 Å². The Morgan fingerprint density at radius 2 is 2.15 bits per heavy atom. The standard InChI is InChI=1S/C7H16N2O2S.ClH/c1-12(10,11)9-4-2-3-7(5-8)6-9;/h7H,2-6,8H2,1H3;1H/t7-;/m0./s1. The van der Waals surface area contributed by atoms with Crippen LogP contribution in [0.3, 0.4) is 0 Å².